The number of nitrogens with zero attached hydrogens (tertiary/aromatic N) is 1. The Morgan fingerprint density at radius 2 is 2.12 bits per heavy atom. The van der Waals surface area contributed by atoms with Crippen molar-refractivity contribution in [2.45, 2.75) is 19.9 Å². The van der Waals surface area contributed by atoms with Crippen molar-refractivity contribution >= 4 is 17.0 Å². The molecular weight excluding hydrogens is 220 g/mol. The quantitative estimate of drug-likeness (QED) is 0.851. The summed E-state index contributed by atoms with van der Waals surface area (Å²) in [6, 6.07) is 5.00. The fourth-order valence-electron chi connectivity index (χ4n) is 1.61. The highest BCUT2D eigenvalue weighted by atomic mass is 16.4. The fourth-order valence-corrected chi connectivity index (χ4v) is 1.61. The Hall–Kier alpha value is -2.04. The van der Waals surface area contributed by atoms with Crippen LogP contribution in [-0.2, 0) is 7.05 Å². The molecule has 0 aliphatic rings. The number of carbonyl (C=O) groups is 1. The van der Waals surface area contributed by atoms with E-state index < -0.39 is 5.76 Å². The minimum atomic E-state index is -0.429. The van der Waals surface area contributed by atoms with Gasteiger partial charge in [0.25, 0.3) is 5.91 Å². The van der Waals surface area contributed by atoms with Gasteiger partial charge in [-0.05, 0) is 32.0 Å². The number of amides is 1. The van der Waals surface area contributed by atoms with Crippen LogP contribution in [0.4, 0.5) is 0 Å². The van der Waals surface area contributed by atoms with Gasteiger partial charge in [-0.2, -0.15) is 0 Å². The van der Waals surface area contributed by atoms with Crippen molar-refractivity contribution in [2.24, 2.45) is 7.05 Å². The lowest BCUT2D eigenvalue weighted by atomic mass is 10.2. The van der Waals surface area contributed by atoms with Gasteiger partial charge in [-0.15, -0.1) is 0 Å². The van der Waals surface area contributed by atoms with Crippen molar-refractivity contribution in [3.8, 4) is 0 Å². The number of hydrogen-bond acceptors (Lipinski definition) is 3. The second-order valence-corrected chi connectivity index (χ2v) is 4.24. The van der Waals surface area contributed by atoms with Gasteiger partial charge in [0.05, 0.1) is 5.52 Å². The van der Waals surface area contributed by atoms with Crippen LogP contribution in [0, 0.1) is 0 Å². The molecule has 0 spiro atoms. The van der Waals surface area contributed by atoms with Crippen LogP contribution in [0.2, 0.25) is 0 Å². The van der Waals surface area contributed by atoms with Gasteiger partial charge in [-0.3, -0.25) is 9.36 Å². The van der Waals surface area contributed by atoms with E-state index in [-0.39, 0.29) is 11.9 Å². The number of benzene rings is 1. The van der Waals surface area contributed by atoms with Crippen molar-refractivity contribution in [1.82, 2.24) is 9.88 Å². The predicted molar refractivity (Wildman–Crippen MR) is 64.1 cm³/mol. The summed E-state index contributed by atoms with van der Waals surface area (Å²) in [5.74, 6) is -0.586. The van der Waals surface area contributed by atoms with Gasteiger partial charge in [0, 0.05) is 18.7 Å². The number of rotatable bonds is 2. The van der Waals surface area contributed by atoms with Crippen molar-refractivity contribution < 1.29 is 9.21 Å². The molecule has 90 valence electrons. The third-order valence-corrected chi connectivity index (χ3v) is 2.47. The summed E-state index contributed by atoms with van der Waals surface area (Å²) < 4.78 is 6.37. The van der Waals surface area contributed by atoms with Crippen molar-refractivity contribution in [2.75, 3.05) is 0 Å². The van der Waals surface area contributed by atoms with Crippen LogP contribution >= 0.6 is 0 Å². The summed E-state index contributed by atoms with van der Waals surface area (Å²) in [6.07, 6.45) is 0. The highest BCUT2D eigenvalue weighted by molar-refractivity contribution is 5.97. The molecule has 1 N–H and O–H groups in total. The largest absolute Gasteiger partial charge is 0.419 e. The average Bonchev–Trinajstić information content (AvgIpc) is 2.54. The Labute approximate surface area is 98.0 Å². The first kappa shape index (κ1) is 11.4. The molecule has 0 aliphatic carbocycles. The number of fused-ring (bicyclic) bond motifs is 1. The average molecular weight is 234 g/mol. The smallest absolute Gasteiger partial charge is 0.408 e. The van der Waals surface area contributed by atoms with Gasteiger partial charge < -0.3 is 9.73 Å². The fraction of sp³-hybridized carbons (Fsp3) is 0.333. The first-order valence-electron chi connectivity index (χ1n) is 5.39. The number of aromatic nitrogens is 1. The van der Waals surface area contributed by atoms with Crippen LogP contribution < -0.4 is 11.1 Å². The first-order valence-corrected chi connectivity index (χ1v) is 5.39. The normalized spacial score (nSPS) is 11.1. The number of hydrogen-bond donors (Lipinski definition) is 1. The molecule has 0 saturated carbocycles. The predicted octanol–water partition coefficient (Wildman–Crippen LogP) is 1.27. The van der Waals surface area contributed by atoms with Crippen LogP contribution in [-0.4, -0.2) is 16.5 Å². The minimum absolute atomic E-state index is 0.0753. The molecule has 1 heterocycles. The summed E-state index contributed by atoms with van der Waals surface area (Å²) in [6.45, 7) is 3.79. The number of oxazole rings is 1. The summed E-state index contributed by atoms with van der Waals surface area (Å²) in [7, 11) is 1.61. The molecule has 0 saturated heterocycles. The van der Waals surface area contributed by atoms with E-state index in [1.54, 1.807) is 25.2 Å². The van der Waals surface area contributed by atoms with E-state index in [0.29, 0.717) is 16.7 Å². The molecule has 2 rings (SSSR count). The molecule has 17 heavy (non-hydrogen) atoms. The SMILES string of the molecule is CC(C)NC(=O)c1ccc2oc(=O)n(C)c2c1. The maximum Gasteiger partial charge on any atom is 0.419 e. The van der Waals surface area contributed by atoms with E-state index in [4.69, 9.17) is 4.42 Å². The van der Waals surface area contributed by atoms with Gasteiger partial charge in [-0.1, -0.05) is 0 Å². The third kappa shape index (κ3) is 2.08. The van der Waals surface area contributed by atoms with Crippen molar-refractivity contribution in [3.63, 3.8) is 0 Å². The molecule has 1 amide bonds. The zero-order chi connectivity index (χ0) is 12.6. The highest BCUT2D eigenvalue weighted by Crippen LogP contribution is 2.14. The van der Waals surface area contributed by atoms with Crippen LogP contribution in [0.15, 0.2) is 27.4 Å². The van der Waals surface area contributed by atoms with Crippen LogP contribution in [0.25, 0.3) is 11.1 Å². The molecule has 0 fully saturated rings. The third-order valence-electron chi connectivity index (χ3n) is 2.47. The molecule has 5 nitrogen and oxygen atoms in total. The van der Waals surface area contributed by atoms with Gasteiger partial charge in [0.2, 0.25) is 0 Å². The summed E-state index contributed by atoms with van der Waals surface area (Å²) in [5.41, 5.74) is 1.62. The lowest BCUT2D eigenvalue weighted by Gasteiger charge is -2.07. The summed E-state index contributed by atoms with van der Waals surface area (Å²) in [4.78, 5) is 23.1. The number of nitrogens with one attached hydrogen (secondary N) is 1. The topological polar surface area (TPSA) is 64.2 Å². The Morgan fingerprint density at radius 3 is 2.76 bits per heavy atom. The molecule has 5 heteroatoms. The van der Waals surface area contributed by atoms with E-state index in [0.717, 1.165) is 0 Å². The number of aryl methyl sites for hydroxylation is 1. The minimum Gasteiger partial charge on any atom is -0.408 e. The zero-order valence-corrected chi connectivity index (χ0v) is 9.98. The molecule has 0 bridgehead atoms. The maximum absolute atomic E-state index is 11.8. The van der Waals surface area contributed by atoms with E-state index in [2.05, 4.69) is 5.32 Å². The van der Waals surface area contributed by atoms with Crippen LogP contribution in [0.5, 0.6) is 0 Å². The van der Waals surface area contributed by atoms with E-state index in [9.17, 15) is 9.59 Å². The highest BCUT2D eigenvalue weighted by Gasteiger charge is 2.11. The molecule has 0 unspecified atom stereocenters. The molecule has 1 aromatic carbocycles. The molecule has 2 aromatic rings. The van der Waals surface area contributed by atoms with E-state index >= 15 is 0 Å². The second-order valence-electron chi connectivity index (χ2n) is 4.24. The van der Waals surface area contributed by atoms with Crippen molar-refractivity contribution in [1.29, 1.82) is 0 Å². The summed E-state index contributed by atoms with van der Waals surface area (Å²) >= 11 is 0. The molecule has 0 atom stereocenters. The van der Waals surface area contributed by atoms with Gasteiger partial charge in [0.15, 0.2) is 5.58 Å². The van der Waals surface area contributed by atoms with E-state index in [1.165, 1.54) is 4.57 Å². The van der Waals surface area contributed by atoms with Gasteiger partial charge >= 0.3 is 5.76 Å². The Balaban J connectivity index is 2.47. The molecular formula is C12H14N2O3. The standard InChI is InChI=1S/C12H14N2O3/c1-7(2)13-11(15)8-4-5-10-9(6-8)14(3)12(16)17-10/h4-7H,1-3H3,(H,13,15). The van der Waals surface area contributed by atoms with Crippen LogP contribution in [0.1, 0.15) is 24.2 Å². The number of carbonyl (C=O) groups excluding carboxylic acids is 1. The van der Waals surface area contributed by atoms with Crippen molar-refractivity contribution in [3.05, 3.63) is 34.3 Å². The molecule has 1 aromatic heterocycles. The van der Waals surface area contributed by atoms with Gasteiger partial charge in [0.1, 0.15) is 0 Å². The monoisotopic (exact) mass is 234 g/mol. The zero-order valence-electron chi connectivity index (χ0n) is 9.98. The maximum atomic E-state index is 11.8. The van der Waals surface area contributed by atoms with Crippen LogP contribution in [0.3, 0.4) is 0 Å². The Kier molecular flexibility index (Phi) is 2.75. The second kappa shape index (κ2) is 4.08. The van der Waals surface area contributed by atoms with E-state index in [1.807, 2.05) is 13.8 Å². The first-order chi connectivity index (χ1) is 7.99. The Morgan fingerprint density at radius 1 is 1.41 bits per heavy atom. The lowest BCUT2D eigenvalue weighted by Crippen LogP contribution is -2.30. The lowest BCUT2D eigenvalue weighted by molar-refractivity contribution is 0.0943. The molecule has 0 radical (unpaired) electrons. The summed E-state index contributed by atoms with van der Waals surface area (Å²) in [5, 5.41) is 2.79. The molecule has 0 aliphatic heterocycles. The van der Waals surface area contributed by atoms with Gasteiger partial charge in [-0.25, -0.2) is 4.79 Å². The Bertz CT molecular complexity index is 622.